The zero-order chi connectivity index (χ0) is 22.9. The highest BCUT2D eigenvalue weighted by Gasteiger charge is 2.47. The van der Waals surface area contributed by atoms with Crippen molar-refractivity contribution in [3.05, 3.63) is 11.6 Å². The Balaban J connectivity index is 1.78. The van der Waals surface area contributed by atoms with Crippen molar-refractivity contribution in [3.8, 4) is 0 Å². The molecule has 1 aliphatic rings. The second-order valence-corrected chi connectivity index (χ2v) is 7.60. The fourth-order valence-corrected chi connectivity index (χ4v) is 3.59. The fraction of sp³-hybridized carbons (Fsp3) is 0.600. The lowest BCUT2D eigenvalue weighted by atomic mass is 10.1. The maximum Gasteiger partial charge on any atom is 0.366 e. The van der Waals surface area contributed by atoms with Gasteiger partial charge in [0, 0.05) is 6.92 Å². The largest absolute Gasteiger partial charge is 0.462 e. The third-order valence-electron chi connectivity index (χ3n) is 4.46. The molecule has 3 heterocycles. The Bertz CT molecular complexity index is 949. The van der Waals surface area contributed by atoms with E-state index in [1.807, 2.05) is 0 Å². The molecule has 16 heteroatoms. The molecule has 1 fully saturated rings. The standard InChI is InChI=1S/C15H21ClN5O9P/c1-3-27-13(24)15(2,30-31(25)26)28-4-6-8(22)9(23)12(29-6)21-5-18-7-10(17)19-14(16)20-11(7)21/h5-6,8-9,12,22-23,25-26H,3-4H2,1-2H3,(H2,17,19,20)/t6-,8-,9-,12-,15?/m1/s1. The van der Waals surface area contributed by atoms with E-state index < -0.39 is 51.5 Å². The number of carbonyl (C=O) groups excluding carboxylic acids is 1. The van der Waals surface area contributed by atoms with Gasteiger partial charge in [-0.05, 0) is 18.5 Å². The maximum atomic E-state index is 12.1. The molecule has 2 aromatic rings. The molecule has 31 heavy (non-hydrogen) atoms. The number of aromatic nitrogens is 4. The Morgan fingerprint density at radius 2 is 2.10 bits per heavy atom. The summed E-state index contributed by atoms with van der Waals surface area (Å²) in [5.74, 6) is -3.18. The first kappa shape index (κ1) is 23.9. The summed E-state index contributed by atoms with van der Waals surface area (Å²) in [6.45, 7) is 2.17. The summed E-state index contributed by atoms with van der Waals surface area (Å²) in [4.78, 5) is 42.3. The quantitative estimate of drug-likeness (QED) is 0.136. The molecule has 1 unspecified atom stereocenters. The van der Waals surface area contributed by atoms with Crippen LogP contribution in [0.4, 0.5) is 5.82 Å². The third kappa shape index (κ3) is 4.87. The molecule has 0 radical (unpaired) electrons. The lowest BCUT2D eigenvalue weighted by Gasteiger charge is -2.28. The predicted octanol–water partition coefficient (Wildman–Crippen LogP) is -0.795. The van der Waals surface area contributed by atoms with Gasteiger partial charge >= 0.3 is 14.6 Å². The van der Waals surface area contributed by atoms with Crippen molar-refractivity contribution in [1.82, 2.24) is 19.5 Å². The van der Waals surface area contributed by atoms with Gasteiger partial charge in [-0.15, -0.1) is 0 Å². The Hall–Kier alpha value is -1.74. The molecule has 2 aromatic heterocycles. The zero-order valence-electron chi connectivity index (χ0n) is 16.3. The van der Waals surface area contributed by atoms with Gasteiger partial charge in [0.2, 0.25) is 5.28 Å². The van der Waals surface area contributed by atoms with Crippen molar-refractivity contribution in [2.45, 2.75) is 44.2 Å². The molecule has 14 nitrogen and oxygen atoms in total. The van der Waals surface area contributed by atoms with Crippen molar-refractivity contribution in [1.29, 1.82) is 0 Å². The molecule has 0 saturated carbocycles. The molecule has 0 spiro atoms. The number of hydrogen-bond donors (Lipinski definition) is 5. The van der Waals surface area contributed by atoms with Gasteiger partial charge in [-0.2, -0.15) is 9.97 Å². The third-order valence-corrected chi connectivity index (χ3v) is 5.14. The summed E-state index contributed by atoms with van der Waals surface area (Å²) in [5.41, 5.74) is 6.15. The maximum absolute atomic E-state index is 12.1. The number of nitrogens with two attached hydrogens (primary N) is 1. The molecule has 0 amide bonds. The Morgan fingerprint density at radius 3 is 2.74 bits per heavy atom. The predicted molar refractivity (Wildman–Crippen MR) is 104 cm³/mol. The monoisotopic (exact) mass is 481 g/mol. The first-order chi connectivity index (χ1) is 14.6. The number of ether oxygens (including phenoxy) is 3. The number of imidazole rings is 1. The number of carbonyl (C=O) groups is 1. The Kier molecular flexibility index (Phi) is 7.25. The summed E-state index contributed by atoms with van der Waals surface area (Å²) in [5, 5.41) is 20.7. The molecule has 6 N–H and O–H groups in total. The summed E-state index contributed by atoms with van der Waals surface area (Å²) in [6.07, 6.45) is -3.90. The minimum absolute atomic E-state index is 0.0134. The van der Waals surface area contributed by atoms with E-state index in [0.29, 0.717) is 0 Å². The van der Waals surface area contributed by atoms with Gasteiger partial charge < -0.3 is 39.9 Å². The van der Waals surface area contributed by atoms with Gasteiger partial charge in [0.25, 0.3) is 5.79 Å². The molecule has 0 bridgehead atoms. The van der Waals surface area contributed by atoms with Crippen LogP contribution in [-0.2, 0) is 23.5 Å². The number of aliphatic hydroxyl groups is 2. The van der Waals surface area contributed by atoms with Gasteiger partial charge in [0.15, 0.2) is 17.7 Å². The van der Waals surface area contributed by atoms with Gasteiger partial charge in [0.05, 0.1) is 19.5 Å². The minimum Gasteiger partial charge on any atom is -0.462 e. The Morgan fingerprint density at radius 1 is 1.39 bits per heavy atom. The number of nitrogen functional groups attached to an aromatic ring is 1. The van der Waals surface area contributed by atoms with Crippen LogP contribution in [0, 0.1) is 0 Å². The van der Waals surface area contributed by atoms with Gasteiger partial charge in [0.1, 0.15) is 23.8 Å². The smallest absolute Gasteiger partial charge is 0.366 e. The average molecular weight is 482 g/mol. The highest BCUT2D eigenvalue weighted by Crippen LogP contribution is 2.36. The van der Waals surface area contributed by atoms with E-state index in [-0.39, 0.29) is 28.9 Å². The number of esters is 1. The second-order valence-electron chi connectivity index (χ2n) is 6.57. The van der Waals surface area contributed by atoms with E-state index in [4.69, 9.17) is 45.9 Å². The number of halogens is 1. The number of rotatable bonds is 8. The zero-order valence-corrected chi connectivity index (χ0v) is 18.0. The number of anilines is 1. The van der Waals surface area contributed by atoms with E-state index in [1.165, 1.54) is 10.9 Å². The molecule has 1 aliphatic heterocycles. The number of hydrogen-bond acceptors (Lipinski definition) is 13. The summed E-state index contributed by atoms with van der Waals surface area (Å²) < 4.78 is 22.0. The topological polar surface area (TPSA) is 205 Å². The van der Waals surface area contributed by atoms with Crippen LogP contribution in [0.3, 0.4) is 0 Å². The molecule has 3 rings (SSSR count). The van der Waals surface area contributed by atoms with E-state index in [1.54, 1.807) is 6.92 Å². The molecular weight excluding hydrogens is 461 g/mol. The van der Waals surface area contributed by atoms with Gasteiger partial charge in [-0.3, -0.25) is 9.09 Å². The molecule has 5 atom stereocenters. The fourth-order valence-electron chi connectivity index (χ4n) is 2.98. The second kappa shape index (κ2) is 9.40. The van der Waals surface area contributed by atoms with E-state index in [9.17, 15) is 15.0 Å². The number of nitrogens with zero attached hydrogens (tertiary/aromatic N) is 4. The first-order valence-corrected chi connectivity index (χ1v) is 10.5. The molecule has 1 saturated heterocycles. The van der Waals surface area contributed by atoms with Crippen LogP contribution < -0.4 is 5.73 Å². The number of fused-ring (bicyclic) bond motifs is 1. The molecule has 0 aromatic carbocycles. The van der Waals surface area contributed by atoms with E-state index in [0.717, 1.165) is 6.92 Å². The van der Waals surface area contributed by atoms with Crippen molar-refractivity contribution in [2.24, 2.45) is 0 Å². The highest BCUT2D eigenvalue weighted by atomic mass is 35.5. The molecular formula is C15H21ClN5O9P. The normalized spacial score (nSPS) is 25.8. The van der Waals surface area contributed by atoms with Crippen molar-refractivity contribution >= 4 is 43.2 Å². The lowest BCUT2D eigenvalue weighted by Crippen LogP contribution is -2.45. The SMILES string of the molecule is CCOC(=O)C(C)(OC[C@H]1O[C@@H](n2cnc3c(N)nc(Cl)nc32)[C@H](O)[C@@H]1O)OP(O)O. The van der Waals surface area contributed by atoms with Crippen LogP contribution in [0.15, 0.2) is 6.33 Å². The van der Waals surface area contributed by atoms with Crippen LogP contribution in [0.2, 0.25) is 5.28 Å². The van der Waals surface area contributed by atoms with Crippen LogP contribution in [0.5, 0.6) is 0 Å². The van der Waals surface area contributed by atoms with Crippen LogP contribution >= 0.6 is 20.2 Å². The molecule has 0 aliphatic carbocycles. The van der Waals surface area contributed by atoms with Gasteiger partial charge in [-0.25, -0.2) is 9.78 Å². The first-order valence-electron chi connectivity index (χ1n) is 8.92. The average Bonchev–Trinajstić information content (AvgIpc) is 3.22. The lowest BCUT2D eigenvalue weighted by molar-refractivity contribution is -0.223. The summed E-state index contributed by atoms with van der Waals surface area (Å²) in [6, 6.07) is 0. The minimum atomic E-state index is -2.97. The molecule has 172 valence electrons. The van der Waals surface area contributed by atoms with E-state index in [2.05, 4.69) is 15.0 Å². The highest BCUT2D eigenvalue weighted by molar-refractivity contribution is 7.39. The van der Waals surface area contributed by atoms with Crippen molar-refractivity contribution < 1.29 is 43.5 Å². The van der Waals surface area contributed by atoms with Crippen LogP contribution in [0.25, 0.3) is 11.2 Å². The van der Waals surface area contributed by atoms with Crippen molar-refractivity contribution in [3.63, 3.8) is 0 Å². The van der Waals surface area contributed by atoms with Gasteiger partial charge in [-0.1, -0.05) is 0 Å². The summed E-state index contributed by atoms with van der Waals surface area (Å²) in [7, 11) is -2.97. The van der Waals surface area contributed by atoms with Crippen LogP contribution in [0.1, 0.15) is 20.1 Å². The number of aliphatic hydroxyl groups excluding tert-OH is 2. The van der Waals surface area contributed by atoms with Crippen LogP contribution in [-0.4, -0.2) is 82.8 Å². The van der Waals surface area contributed by atoms with Crippen molar-refractivity contribution in [2.75, 3.05) is 18.9 Å². The van der Waals surface area contributed by atoms with E-state index >= 15 is 0 Å². The Labute approximate surface area is 181 Å². The summed E-state index contributed by atoms with van der Waals surface area (Å²) >= 11 is 5.84.